The van der Waals surface area contributed by atoms with Crippen LogP contribution in [0.5, 0.6) is 0 Å². The van der Waals surface area contributed by atoms with Crippen LogP contribution in [0.2, 0.25) is 0 Å². The van der Waals surface area contributed by atoms with Crippen molar-refractivity contribution in [3.63, 3.8) is 0 Å². The lowest BCUT2D eigenvalue weighted by Crippen LogP contribution is -2.23. The van der Waals surface area contributed by atoms with Gasteiger partial charge < -0.3 is 9.88 Å². The molecule has 174 valence electrons. The number of amides is 1. The summed E-state index contributed by atoms with van der Waals surface area (Å²) < 4.78 is 2.36. The van der Waals surface area contributed by atoms with Crippen LogP contribution in [0.1, 0.15) is 110 Å². The molecule has 2 rings (SSSR count). The van der Waals surface area contributed by atoms with Gasteiger partial charge in [0.15, 0.2) is 0 Å². The molecule has 31 heavy (non-hydrogen) atoms. The van der Waals surface area contributed by atoms with Crippen LogP contribution in [-0.4, -0.2) is 22.0 Å². The molecule has 0 fully saturated rings. The van der Waals surface area contributed by atoms with Crippen molar-refractivity contribution in [1.29, 1.82) is 0 Å². The normalized spacial score (nSPS) is 11.3. The Bertz CT molecular complexity index is 737. The van der Waals surface area contributed by atoms with E-state index < -0.39 is 0 Å². The van der Waals surface area contributed by atoms with Gasteiger partial charge in [0, 0.05) is 26.4 Å². The fourth-order valence-corrected chi connectivity index (χ4v) is 4.38. The van der Waals surface area contributed by atoms with Crippen LogP contribution >= 0.6 is 0 Å². The zero-order chi connectivity index (χ0) is 22.2. The molecule has 0 aliphatic heterocycles. The van der Waals surface area contributed by atoms with Crippen molar-refractivity contribution in [3.05, 3.63) is 30.1 Å². The predicted molar refractivity (Wildman–Crippen MR) is 132 cm³/mol. The highest BCUT2D eigenvalue weighted by Crippen LogP contribution is 2.18. The number of para-hydroxylation sites is 2. The van der Waals surface area contributed by atoms with Crippen molar-refractivity contribution in [2.45, 2.75) is 117 Å². The Morgan fingerprint density at radius 3 is 1.97 bits per heavy atom. The number of fused-ring (bicyclic) bond motifs is 1. The Kier molecular flexibility index (Phi) is 13.0. The molecule has 0 saturated carbocycles. The number of unbranched alkanes of at least 4 members (excludes halogenated alkanes) is 13. The van der Waals surface area contributed by atoms with E-state index in [-0.39, 0.29) is 5.91 Å². The van der Waals surface area contributed by atoms with Crippen LogP contribution in [0.3, 0.4) is 0 Å². The Hall–Kier alpha value is -1.84. The maximum Gasteiger partial charge on any atom is 0.216 e. The molecule has 0 unspecified atom stereocenters. The lowest BCUT2D eigenvalue weighted by Gasteiger charge is -2.10. The lowest BCUT2D eigenvalue weighted by atomic mass is 10.0. The third-order valence-corrected chi connectivity index (χ3v) is 6.19. The summed E-state index contributed by atoms with van der Waals surface area (Å²) in [7, 11) is 0. The Labute approximate surface area is 190 Å². The molecule has 1 aromatic carbocycles. The maximum atomic E-state index is 11.2. The predicted octanol–water partition coefficient (Wildman–Crippen LogP) is 7.20. The first-order chi connectivity index (χ1) is 15.2. The van der Waals surface area contributed by atoms with Crippen LogP contribution in [-0.2, 0) is 17.8 Å². The number of nitrogens with one attached hydrogen (secondary N) is 1. The molecule has 0 radical (unpaired) electrons. The molecule has 4 nitrogen and oxygen atoms in total. The molecule has 0 saturated heterocycles. The molecular weight excluding hydrogens is 382 g/mol. The fourth-order valence-electron chi connectivity index (χ4n) is 4.38. The highest BCUT2D eigenvalue weighted by Gasteiger charge is 2.10. The SMILES string of the molecule is CCCCCCCCCCCCCCCCn1c(CCNC(C)=O)nc2ccccc21. The van der Waals surface area contributed by atoms with Gasteiger partial charge in [-0.3, -0.25) is 4.79 Å². The van der Waals surface area contributed by atoms with Crippen molar-refractivity contribution in [2.75, 3.05) is 6.54 Å². The van der Waals surface area contributed by atoms with E-state index in [9.17, 15) is 4.79 Å². The van der Waals surface area contributed by atoms with Gasteiger partial charge in [0.05, 0.1) is 11.0 Å². The third-order valence-electron chi connectivity index (χ3n) is 6.19. The number of rotatable bonds is 18. The van der Waals surface area contributed by atoms with E-state index in [1.807, 2.05) is 6.07 Å². The second-order valence-corrected chi connectivity index (χ2v) is 9.00. The zero-order valence-electron chi connectivity index (χ0n) is 20.1. The van der Waals surface area contributed by atoms with Crippen molar-refractivity contribution in [3.8, 4) is 0 Å². The zero-order valence-corrected chi connectivity index (χ0v) is 20.1. The molecule has 0 bridgehead atoms. The summed E-state index contributed by atoms with van der Waals surface area (Å²) in [5.41, 5.74) is 2.28. The van der Waals surface area contributed by atoms with E-state index in [4.69, 9.17) is 4.98 Å². The van der Waals surface area contributed by atoms with Gasteiger partial charge >= 0.3 is 0 Å². The van der Waals surface area contributed by atoms with Gasteiger partial charge in [-0.05, 0) is 18.6 Å². The van der Waals surface area contributed by atoms with E-state index in [2.05, 4.69) is 35.0 Å². The molecule has 0 aliphatic carbocycles. The van der Waals surface area contributed by atoms with Crippen LogP contribution in [0.15, 0.2) is 24.3 Å². The molecule has 0 aliphatic rings. The number of benzene rings is 1. The molecule has 1 aromatic heterocycles. The number of carbonyl (C=O) groups excluding carboxylic acids is 1. The number of aryl methyl sites for hydroxylation is 1. The molecular formula is C27H45N3O. The fraction of sp³-hybridized carbons (Fsp3) is 0.704. The molecule has 1 heterocycles. The summed E-state index contributed by atoms with van der Waals surface area (Å²) in [5, 5.41) is 2.89. The molecule has 1 N–H and O–H groups in total. The number of hydrogen-bond acceptors (Lipinski definition) is 2. The number of imidazole rings is 1. The largest absolute Gasteiger partial charge is 0.356 e. The van der Waals surface area contributed by atoms with Gasteiger partial charge in [-0.25, -0.2) is 4.98 Å². The highest BCUT2D eigenvalue weighted by atomic mass is 16.1. The highest BCUT2D eigenvalue weighted by molar-refractivity contribution is 5.76. The van der Waals surface area contributed by atoms with Gasteiger partial charge in [-0.15, -0.1) is 0 Å². The number of aromatic nitrogens is 2. The van der Waals surface area contributed by atoms with Crippen LogP contribution < -0.4 is 5.32 Å². The number of carbonyl (C=O) groups is 1. The van der Waals surface area contributed by atoms with Gasteiger partial charge in [0.2, 0.25) is 5.91 Å². The summed E-state index contributed by atoms with van der Waals surface area (Å²) in [6.45, 7) is 5.52. The van der Waals surface area contributed by atoms with Crippen molar-refractivity contribution < 1.29 is 4.79 Å². The quantitative estimate of drug-likeness (QED) is 0.256. The third kappa shape index (κ3) is 10.3. The van der Waals surface area contributed by atoms with E-state index in [1.54, 1.807) is 6.92 Å². The van der Waals surface area contributed by atoms with Gasteiger partial charge in [0.25, 0.3) is 0 Å². The molecule has 4 heteroatoms. The average molecular weight is 428 g/mol. The molecule has 0 atom stereocenters. The van der Waals surface area contributed by atoms with Crippen molar-refractivity contribution in [2.24, 2.45) is 0 Å². The summed E-state index contributed by atoms with van der Waals surface area (Å²) in [6, 6.07) is 8.38. The topological polar surface area (TPSA) is 46.9 Å². The minimum atomic E-state index is 0.0228. The Morgan fingerprint density at radius 2 is 1.39 bits per heavy atom. The van der Waals surface area contributed by atoms with Gasteiger partial charge in [-0.2, -0.15) is 0 Å². The van der Waals surface area contributed by atoms with E-state index in [0.29, 0.717) is 6.54 Å². The minimum Gasteiger partial charge on any atom is -0.356 e. The first kappa shape index (κ1) is 25.4. The van der Waals surface area contributed by atoms with E-state index in [0.717, 1.165) is 24.3 Å². The second kappa shape index (κ2) is 15.9. The van der Waals surface area contributed by atoms with Crippen LogP contribution in [0.25, 0.3) is 11.0 Å². The molecule has 0 spiro atoms. The first-order valence-corrected chi connectivity index (χ1v) is 12.9. The summed E-state index contributed by atoms with van der Waals surface area (Å²) in [4.78, 5) is 16.0. The molecule has 2 aromatic rings. The monoisotopic (exact) mass is 427 g/mol. The standard InChI is InChI=1S/C27H45N3O/c1-3-4-5-6-7-8-9-10-11-12-13-14-15-18-23-30-26-20-17-16-19-25(26)29-27(30)21-22-28-24(2)31/h16-17,19-20H,3-15,18,21-23H2,1-2H3,(H,28,31). The first-order valence-electron chi connectivity index (χ1n) is 12.9. The number of nitrogens with zero attached hydrogens (tertiary/aromatic N) is 2. The average Bonchev–Trinajstić information content (AvgIpc) is 3.11. The smallest absolute Gasteiger partial charge is 0.216 e. The van der Waals surface area contributed by atoms with Crippen molar-refractivity contribution >= 4 is 16.9 Å². The minimum absolute atomic E-state index is 0.0228. The summed E-state index contributed by atoms with van der Waals surface area (Å²) in [5.74, 6) is 1.11. The van der Waals surface area contributed by atoms with Crippen molar-refractivity contribution in [1.82, 2.24) is 14.9 Å². The maximum absolute atomic E-state index is 11.2. The Balaban J connectivity index is 1.58. The lowest BCUT2D eigenvalue weighted by molar-refractivity contribution is -0.118. The second-order valence-electron chi connectivity index (χ2n) is 9.00. The summed E-state index contributed by atoms with van der Waals surface area (Å²) >= 11 is 0. The Morgan fingerprint density at radius 1 is 0.839 bits per heavy atom. The number of hydrogen-bond donors (Lipinski definition) is 1. The van der Waals surface area contributed by atoms with Gasteiger partial charge in [-0.1, -0.05) is 103 Å². The molecule has 1 amide bonds. The van der Waals surface area contributed by atoms with Crippen LogP contribution in [0.4, 0.5) is 0 Å². The van der Waals surface area contributed by atoms with E-state index in [1.165, 1.54) is 95.4 Å². The van der Waals surface area contributed by atoms with E-state index >= 15 is 0 Å². The van der Waals surface area contributed by atoms with Gasteiger partial charge in [0.1, 0.15) is 5.82 Å². The van der Waals surface area contributed by atoms with Crippen LogP contribution in [0, 0.1) is 0 Å². The summed E-state index contributed by atoms with van der Waals surface area (Å²) in [6.07, 6.45) is 20.1.